The number of benzene rings is 1. The lowest BCUT2D eigenvalue weighted by Gasteiger charge is -2.15. The molecule has 1 aromatic heterocycles. The van der Waals surface area contributed by atoms with Crippen LogP contribution in [-0.2, 0) is 4.79 Å². The highest BCUT2D eigenvalue weighted by Crippen LogP contribution is 2.33. The molecule has 0 radical (unpaired) electrons. The van der Waals surface area contributed by atoms with Crippen LogP contribution in [0.25, 0.3) is 10.6 Å². The van der Waals surface area contributed by atoms with Crippen molar-refractivity contribution in [3.05, 3.63) is 23.7 Å². The number of ether oxygens (including phenoxy) is 1. The minimum atomic E-state index is -0.520. The average Bonchev–Trinajstić information content (AvgIpc) is 3.00. The molecule has 2 aromatic rings. The van der Waals surface area contributed by atoms with Gasteiger partial charge < -0.3 is 15.8 Å². The summed E-state index contributed by atoms with van der Waals surface area (Å²) in [6.45, 7) is 4.07. The van der Waals surface area contributed by atoms with Gasteiger partial charge in [-0.15, -0.1) is 10.2 Å². The Morgan fingerprint density at radius 1 is 1.45 bits per heavy atom. The van der Waals surface area contributed by atoms with Crippen molar-refractivity contribution >= 4 is 22.9 Å². The molecule has 7 heteroatoms. The van der Waals surface area contributed by atoms with Gasteiger partial charge in [0, 0.05) is 11.8 Å². The molecule has 0 aliphatic rings. The minimum Gasteiger partial charge on any atom is -0.496 e. The Labute approximate surface area is 133 Å². The van der Waals surface area contributed by atoms with Crippen LogP contribution in [0.4, 0.5) is 5.69 Å². The molecule has 0 aliphatic heterocycles. The third-order valence-electron chi connectivity index (χ3n) is 3.12. The monoisotopic (exact) mass is 320 g/mol. The number of carbonyl (C=O) groups excluding carboxylic acids is 1. The summed E-state index contributed by atoms with van der Waals surface area (Å²) in [5, 5.41) is 11.4. The van der Waals surface area contributed by atoms with E-state index in [2.05, 4.69) is 15.5 Å². The molecule has 1 atom stereocenters. The molecule has 0 spiro atoms. The van der Waals surface area contributed by atoms with Crippen molar-refractivity contribution in [1.29, 1.82) is 0 Å². The van der Waals surface area contributed by atoms with Gasteiger partial charge in [-0.05, 0) is 24.5 Å². The summed E-state index contributed by atoms with van der Waals surface area (Å²) in [4.78, 5) is 12.1. The highest BCUT2D eigenvalue weighted by Gasteiger charge is 2.16. The molecule has 6 nitrogen and oxygen atoms in total. The fourth-order valence-electron chi connectivity index (χ4n) is 2.09. The Balaban J connectivity index is 2.15. The molecule has 0 bridgehead atoms. The van der Waals surface area contributed by atoms with Crippen molar-refractivity contribution < 1.29 is 9.53 Å². The number of aromatic nitrogens is 2. The van der Waals surface area contributed by atoms with Gasteiger partial charge >= 0.3 is 0 Å². The number of nitrogens with one attached hydrogen (secondary N) is 1. The molecular weight excluding hydrogens is 300 g/mol. The number of hydrogen-bond donors (Lipinski definition) is 2. The number of methoxy groups -OCH3 is 1. The van der Waals surface area contributed by atoms with Crippen molar-refractivity contribution in [3.63, 3.8) is 0 Å². The summed E-state index contributed by atoms with van der Waals surface area (Å²) in [6.07, 6.45) is 0.645. The Morgan fingerprint density at radius 3 is 2.82 bits per heavy atom. The van der Waals surface area contributed by atoms with Gasteiger partial charge in [0.05, 0.1) is 18.7 Å². The molecule has 1 unspecified atom stereocenters. The van der Waals surface area contributed by atoms with Gasteiger partial charge in [-0.1, -0.05) is 25.2 Å². The summed E-state index contributed by atoms with van der Waals surface area (Å²) < 4.78 is 5.37. The zero-order valence-electron chi connectivity index (χ0n) is 12.9. The molecule has 1 heterocycles. The van der Waals surface area contributed by atoms with Crippen molar-refractivity contribution in [2.75, 3.05) is 12.4 Å². The molecule has 0 saturated carbocycles. The summed E-state index contributed by atoms with van der Waals surface area (Å²) in [6, 6.07) is 4.90. The first-order valence-corrected chi connectivity index (χ1v) is 7.90. The van der Waals surface area contributed by atoms with Crippen LogP contribution in [0.15, 0.2) is 23.7 Å². The molecule has 0 aliphatic carbocycles. The molecule has 0 saturated heterocycles. The first-order valence-electron chi connectivity index (χ1n) is 7.02. The zero-order chi connectivity index (χ0) is 16.1. The van der Waals surface area contributed by atoms with Gasteiger partial charge in [-0.3, -0.25) is 4.79 Å². The largest absolute Gasteiger partial charge is 0.496 e. The smallest absolute Gasteiger partial charge is 0.241 e. The van der Waals surface area contributed by atoms with Gasteiger partial charge in [0.2, 0.25) is 5.91 Å². The number of carbonyl (C=O) groups is 1. The molecule has 2 rings (SSSR count). The number of rotatable bonds is 6. The Bertz CT molecular complexity index is 628. The Morgan fingerprint density at radius 2 is 2.23 bits per heavy atom. The van der Waals surface area contributed by atoms with E-state index in [1.54, 1.807) is 24.8 Å². The van der Waals surface area contributed by atoms with Gasteiger partial charge in [0.25, 0.3) is 0 Å². The van der Waals surface area contributed by atoms with Gasteiger partial charge in [-0.25, -0.2) is 0 Å². The van der Waals surface area contributed by atoms with E-state index in [1.807, 2.05) is 19.9 Å². The minimum absolute atomic E-state index is 0.195. The Kier molecular flexibility index (Phi) is 5.46. The summed E-state index contributed by atoms with van der Waals surface area (Å²) >= 11 is 1.43. The normalized spacial score (nSPS) is 12.2. The van der Waals surface area contributed by atoms with E-state index in [0.717, 1.165) is 10.6 Å². The predicted molar refractivity (Wildman–Crippen MR) is 88.0 cm³/mol. The van der Waals surface area contributed by atoms with Crippen LogP contribution in [0.2, 0.25) is 0 Å². The third-order valence-corrected chi connectivity index (χ3v) is 3.85. The van der Waals surface area contributed by atoms with Crippen molar-refractivity contribution in [3.8, 4) is 16.3 Å². The number of anilines is 1. The maximum absolute atomic E-state index is 12.1. The highest BCUT2D eigenvalue weighted by molar-refractivity contribution is 7.12. The van der Waals surface area contributed by atoms with E-state index in [4.69, 9.17) is 10.5 Å². The topological polar surface area (TPSA) is 90.1 Å². The number of nitrogens with two attached hydrogens (primary N) is 1. The van der Waals surface area contributed by atoms with E-state index in [1.165, 1.54) is 11.3 Å². The standard InChI is InChI=1S/C15H20N4O2S/c1-9(2)6-12(16)14(20)18-10-4-5-11(13(7-10)21-3)15-19-17-8-22-15/h4-5,7-9,12H,6,16H2,1-3H3,(H,18,20). The summed E-state index contributed by atoms with van der Waals surface area (Å²) in [5.74, 6) is 0.807. The van der Waals surface area contributed by atoms with E-state index in [9.17, 15) is 4.79 Å². The average molecular weight is 320 g/mol. The van der Waals surface area contributed by atoms with Gasteiger partial charge in [-0.2, -0.15) is 0 Å². The fraction of sp³-hybridized carbons (Fsp3) is 0.400. The fourth-order valence-corrected chi connectivity index (χ4v) is 2.67. The van der Waals surface area contributed by atoms with Crippen LogP contribution in [0, 0.1) is 5.92 Å². The van der Waals surface area contributed by atoms with Crippen molar-refractivity contribution in [2.45, 2.75) is 26.3 Å². The van der Waals surface area contributed by atoms with Crippen LogP contribution < -0.4 is 15.8 Å². The van der Waals surface area contributed by atoms with Gasteiger partial charge in [0.1, 0.15) is 11.3 Å². The number of hydrogen-bond acceptors (Lipinski definition) is 6. The maximum Gasteiger partial charge on any atom is 0.241 e. The molecule has 22 heavy (non-hydrogen) atoms. The molecule has 3 N–H and O–H groups in total. The first-order chi connectivity index (χ1) is 10.5. The van der Waals surface area contributed by atoms with Crippen LogP contribution in [-0.4, -0.2) is 29.3 Å². The van der Waals surface area contributed by atoms with E-state index < -0.39 is 6.04 Å². The Hall–Kier alpha value is -1.99. The van der Waals surface area contributed by atoms with Crippen LogP contribution in [0.1, 0.15) is 20.3 Å². The molecule has 118 valence electrons. The quantitative estimate of drug-likeness (QED) is 0.853. The predicted octanol–water partition coefficient (Wildman–Crippen LogP) is 2.53. The van der Waals surface area contributed by atoms with Gasteiger partial charge in [0.15, 0.2) is 5.01 Å². The third kappa shape index (κ3) is 4.02. The lowest BCUT2D eigenvalue weighted by atomic mass is 10.0. The summed E-state index contributed by atoms with van der Waals surface area (Å²) in [5.41, 5.74) is 9.04. The summed E-state index contributed by atoms with van der Waals surface area (Å²) in [7, 11) is 1.58. The maximum atomic E-state index is 12.1. The SMILES string of the molecule is COc1cc(NC(=O)C(N)CC(C)C)ccc1-c1nncs1. The number of amides is 1. The molecular formula is C15H20N4O2S. The zero-order valence-corrected chi connectivity index (χ0v) is 13.7. The van der Waals surface area contributed by atoms with E-state index in [0.29, 0.717) is 23.8 Å². The van der Waals surface area contributed by atoms with Crippen molar-refractivity contribution in [1.82, 2.24) is 10.2 Å². The first kappa shape index (κ1) is 16.4. The second-order valence-electron chi connectivity index (χ2n) is 5.38. The lowest BCUT2D eigenvalue weighted by Crippen LogP contribution is -2.36. The number of nitrogens with zero attached hydrogens (tertiary/aromatic N) is 2. The molecule has 1 amide bonds. The molecule has 1 aromatic carbocycles. The van der Waals surface area contributed by atoms with E-state index >= 15 is 0 Å². The van der Waals surface area contributed by atoms with E-state index in [-0.39, 0.29) is 5.91 Å². The molecule has 0 fully saturated rings. The van der Waals surface area contributed by atoms with Crippen LogP contribution in [0.5, 0.6) is 5.75 Å². The van der Waals surface area contributed by atoms with Crippen molar-refractivity contribution in [2.24, 2.45) is 11.7 Å². The highest BCUT2D eigenvalue weighted by atomic mass is 32.1. The van der Waals surface area contributed by atoms with Crippen LogP contribution >= 0.6 is 11.3 Å². The lowest BCUT2D eigenvalue weighted by molar-refractivity contribution is -0.117. The van der Waals surface area contributed by atoms with Crippen LogP contribution in [0.3, 0.4) is 0 Å². The second-order valence-corrected chi connectivity index (χ2v) is 6.22. The second kappa shape index (κ2) is 7.33.